The molecule has 0 aliphatic heterocycles. The number of aromatic nitrogens is 2. The highest BCUT2D eigenvalue weighted by Gasteiger charge is 2.09. The summed E-state index contributed by atoms with van der Waals surface area (Å²) in [4.78, 5) is 12.0. The molecule has 0 spiro atoms. The van der Waals surface area contributed by atoms with E-state index in [0.29, 0.717) is 5.69 Å². The average Bonchev–Trinajstić information content (AvgIpc) is 3.12. The van der Waals surface area contributed by atoms with Gasteiger partial charge in [-0.3, -0.25) is 4.79 Å². The Morgan fingerprint density at radius 3 is 2.70 bits per heavy atom. The van der Waals surface area contributed by atoms with Gasteiger partial charge in [-0.05, 0) is 36.4 Å². The molecule has 0 unspecified atom stereocenters. The van der Waals surface area contributed by atoms with E-state index in [1.807, 2.05) is 30.3 Å². The SMILES string of the molecule is O=C(/C=C/c1cnn(-c2ccccc2)c1)Nc1ccc(OC(F)F)c(Cl)c1. The number of carbonyl (C=O) groups excluding carboxylic acids is 1. The summed E-state index contributed by atoms with van der Waals surface area (Å²) in [7, 11) is 0. The molecule has 3 rings (SSSR count). The molecule has 1 N–H and O–H groups in total. The molecule has 0 atom stereocenters. The first-order valence-corrected chi connectivity index (χ1v) is 8.22. The van der Waals surface area contributed by atoms with E-state index in [9.17, 15) is 13.6 Å². The number of nitrogens with zero attached hydrogens (tertiary/aromatic N) is 2. The molecule has 0 aliphatic carbocycles. The van der Waals surface area contributed by atoms with Crippen molar-refractivity contribution in [2.75, 3.05) is 5.32 Å². The van der Waals surface area contributed by atoms with Gasteiger partial charge in [0.15, 0.2) is 0 Å². The van der Waals surface area contributed by atoms with Gasteiger partial charge in [0.05, 0.1) is 16.9 Å². The van der Waals surface area contributed by atoms with Gasteiger partial charge in [-0.1, -0.05) is 29.8 Å². The normalized spacial score (nSPS) is 11.1. The quantitative estimate of drug-likeness (QED) is 0.617. The van der Waals surface area contributed by atoms with Crippen LogP contribution in [-0.4, -0.2) is 22.3 Å². The fourth-order valence-electron chi connectivity index (χ4n) is 2.27. The standard InChI is InChI=1S/C19H14ClF2N3O2/c20-16-10-14(7-8-17(16)27-19(21)22)24-18(26)9-6-13-11-23-25(12-13)15-4-2-1-3-5-15/h1-12,19H,(H,24,26)/b9-6+. The number of rotatable bonds is 6. The number of amides is 1. The van der Waals surface area contributed by atoms with Crippen molar-refractivity contribution in [3.63, 3.8) is 0 Å². The van der Waals surface area contributed by atoms with E-state index in [4.69, 9.17) is 11.6 Å². The Hall–Kier alpha value is -3.19. The largest absolute Gasteiger partial charge is 0.433 e. The Kier molecular flexibility index (Phi) is 5.83. The molecule has 0 saturated heterocycles. The van der Waals surface area contributed by atoms with Crippen LogP contribution in [0.1, 0.15) is 5.56 Å². The number of carbonyl (C=O) groups is 1. The van der Waals surface area contributed by atoms with Crippen LogP contribution in [0, 0.1) is 0 Å². The third-order valence-corrected chi connectivity index (χ3v) is 3.76. The predicted octanol–water partition coefficient (Wildman–Crippen LogP) is 4.78. The molecule has 0 fully saturated rings. The zero-order valence-electron chi connectivity index (χ0n) is 13.9. The van der Waals surface area contributed by atoms with E-state index in [1.54, 1.807) is 23.2 Å². The van der Waals surface area contributed by atoms with Crippen molar-refractivity contribution in [3.8, 4) is 11.4 Å². The maximum absolute atomic E-state index is 12.2. The Bertz CT molecular complexity index is 959. The van der Waals surface area contributed by atoms with Gasteiger partial charge in [-0.15, -0.1) is 0 Å². The van der Waals surface area contributed by atoms with Crippen LogP contribution in [-0.2, 0) is 4.79 Å². The number of nitrogens with one attached hydrogen (secondary N) is 1. The van der Waals surface area contributed by atoms with Crippen LogP contribution in [0.15, 0.2) is 67.0 Å². The monoisotopic (exact) mass is 389 g/mol. The van der Waals surface area contributed by atoms with Crippen molar-refractivity contribution in [2.24, 2.45) is 0 Å². The van der Waals surface area contributed by atoms with Crippen molar-refractivity contribution in [1.82, 2.24) is 9.78 Å². The summed E-state index contributed by atoms with van der Waals surface area (Å²) in [6.45, 7) is -2.97. The molecule has 2 aromatic carbocycles. The fraction of sp³-hybridized carbons (Fsp3) is 0.0526. The van der Waals surface area contributed by atoms with Gasteiger partial charge in [-0.25, -0.2) is 4.68 Å². The Morgan fingerprint density at radius 2 is 2.00 bits per heavy atom. The molecule has 27 heavy (non-hydrogen) atoms. The van der Waals surface area contributed by atoms with Crippen LogP contribution < -0.4 is 10.1 Å². The number of hydrogen-bond acceptors (Lipinski definition) is 3. The highest BCUT2D eigenvalue weighted by atomic mass is 35.5. The van der Waals surface area contributed by atoms with Gasteiger partial charge in [0.1, 0.15) is 5.75 Å². The van der Waals surface area contributed by atoms with Crippen LogP contribution in [0.25, 0.3) is 11.8 Å². The smallest absolute Gasteiger partial charge is 0.387 e. The van der Waals surface area contributed by atoms with Crippen molar-refractivity contribution in [3.05, 3.63) is 77.6 Å². The summed E-state index contributed by atoms with van der Waals surface area (Å²) in [5.74, 6) is -0.561. The van der Waals surface area contributed by atoms with E-state index in [0.717, 1.165) is 11.3 Å². The van der Waals surface area contributed by atoms with E-state index in [1.165, 1.54) is 24.3 Å². The molecule has 0 radical (unpaired) electrons. The van der Waals surface area contributed by atoms with Crippen LogP contribution in [0.2, 0.25) is 5.02 Å². The first-order valence-electron chi connectivity index (χ1n) is 7.85. The number of anilines is 1. The average molecular weight is 390 g/mol. The summed E-state index contributed by atoms with van der Waals surface area (Å²) in [5.41, 5.74) is 2.01. The number of halogens is 3. The van der Waals surface area contributed by atoms with Gasteiger partial charge < -0.3 is 10.1 Å². The van der Waals surface area contributed by atoms with Gasteiger partial charge in [-0.2, -0.15) is 13.9 Å². The van der Waals surface area contributed by atoms with Gasteiger partial charge >= 0.3 is 6.61 Å². The van der Waals surface area contributed by atoms with Crippen molar-refractivity contribution >= 4 is 29.3 Å². The number of ether oxygens (including phenoxy) is 1. The predicted molar refractivity (Wildman–Crippen MR) is 99.3 cm³/mol. The second-order valence-corrected chi connectivity index (χ2v) is 5.81. The molecule has 1 amide bonds. The third kappa shape index (κ3) is 5.15. The van der Waals surface area contributed by atoms with E-state index >= 15 is 0 Å². The molecular weight excluding hydrogens is 376 g/mol. The van der Waals surface area contributed by atoms with Gasteiger partial charge in [0, 0.05) is 23.5 Å². The van der Waals surface area contributed by atoms with E-state index in [-0.39, 0.29) is 10.8 Å². The number of hydrogen-bond donors (Lipinski definition) is 1. The molecule has 138 valence electrons. The second kappa shape index (κ2) is 8.46. The van der Waals surface area contributed by atoms with Crippen LogP contribution in [0.4, 0.5) is 14.5 Å². The number of alkyl halides is 2. The lowest BCUT2D eigenvalue weighted by Crippen LogP contribution is -2.08. The summed E-state index contributed by atoms with van der Waals surface area (Å²) < 4.78 is 30.4. The maximum atomic E-state index is 12.2. The Labute approximate surface area is 158 Å². The first kappa shape index (κ1) is 18.6. The summed E-state index contributed by atoms with van der Waals surface area (Å²) in [5, 5.41) is 6.80. The molecule has 5 nitrogen and oxygen atoms in total. The van der Waals surface area contributed by atoms with Crippen molar-refractivity contribution in [2.45, 2.75) is 6.61 Å². The van der Waals surface area contributed by atoms with E-state index < -0.39 is 12.5 Å². The Morgan fingerprint density at radius 1 is 1.22 bits per heavy atom. The van der Waals surface area contributed by atoms with Gasteiger partial charge in [0.2, 0.25) is 5.91 Å². The summed E-state index contributed by atoms with van der Waals surface area (Å²) >= 11 is 5.85. The molecule has 0 aliphatic rings. The zero-order chi connectivity index (χ0) is 19.2. The topological polar surface area (TPSA) is 56.2 Å². The lowest BCUT2D eigenvalue weighted by Gasteiger charge is -2.08. The first-order chi connectivity index (χ1) is 13.0. The fourth-order valence-corrected chi connectivity index (χ4v) is 2.50. The highest BCUT2D eigenvalue weighted by molar-refractivity contribution is 6.32. The highest BCUT2D eigenvalue weighted by Crippen LogP contribution is 2.28. The molecule has 0 saturated carbocycles. The molecule has 3 aromatic rings. The van der Waals surface area contributed by atoms with Crippen LogP contribution >= 0.6 is 11.6 Å². The van der Waals surface area contributed by atoms with Crippen molar-refractivity contribution < 1.29 is 18.3 Å². The third-order valence-electron chi connectivity index (χ3n) is 3.47. The van der Waals surface area contributed by atoms with Gasteiger partial charge in [0.25, 0.3) is 0 Å². The zero-order valence-corrected chi connectivity index (χ0v) is 14.6. The minimum atomic E-state index is -2.97. The number of para-hydroxylation sites is 1. The number of benzene rings is 2. The van der Waals surface area contributed by atoms with Crippen LogP contribution in [0.3, 0.4) is 0 Å². The molecule has 1 aromatic heterocycles. The lowest BCUT2D eigenvalue weighted by atomic mass is 10.3. The maximum Gasteiger partial charge on any atom is 0.387 e. The molecular formula is C19H14ClF2N3O2. The molecule has 1 heterocycles. The van der Waals surface area contributed by atoms with E-state index in [2.05, 4.69) is 15.2 Å². The Balaban J connectivity index is 1.62. The van der Waals surface area contributed by atoms with Crippen LogP contribution in [0.5, 0.6) is 5.75 Å². The van der Waals surface area contributed by atoms with Crippen molar-refractivity contribution in [1.29, 1.82) is 0 Å². The summed E-state index contributed by atoms with van der Waals surface area (Å²) in [6.07, 6.45) is 6.36. The minimum absolute atomic E-state index is 0.0267. The second-order valence-electron chi connectivity index (χ2n) is 5.40. The molecule has 0 bridgehead atoms. The lowest BCUT2D eigenvalue weighted by molar-refractivity contribution is -0.111. The minimum Gasteiger partial charge on any atom is -0.433 e. The molecule has 8 heteroatoms. The summed E-state index contributed by atoms with van der Waals surface area (Å²) in [6, 6.07) is 13.6.